The summed E-state index contributed by atoms with van der Waals surface area (Å²) in [6, 6.07) is 2.14. The third kappa shape index (κ3) is 5.27. The Morgan fingerprint density at radius 3 is 2.86 bits per heavy atom. The van der Waals surface area contributed by atoms with Crippen LogP contribution in [-0.2, 0) is 4.74 Å². The number of benzene rings is 1. The van der Waals surface area contributed by atoms with Gasteiger partial charge in [0, 0.05) is 26.2 Å². The number of nitrogens with one attached hydrogen (secondary N) is 4. The number of hydrogen-bond acceptors (Lipinski definition) is 7. The number of carbonyl (C=O) groups is 1. The zero-order valence-corrected chi connectivity index (χ0v) is 15.7. The number of urea groups is 1. The monoisotopic (exact) mass is 390 g/mol. The van der Waals surface area contributed by atoms with Crippen molar-refractivity contribution in [2.75, 3.05) is 49.3 Å². The smallest absolute Gasteiger partial charge is 0.325 e. The van der Waals surface area contributed by atoms with Crippen LogP contribution >= 0.6 is 0 Å². The molecule has 0 spiro atoms. The average Bonchev–Trinajstić information content (AvgIpc) is 2.70. The first-order valence-corrected chi connectivity index (χ1v) is 8.88. The molecular weight excluding hydrogens is 367 g/mol. The predicted octanol–water partition coefficient (Wildman–Crippen LogP) is 1.98. The van der Waals surface area contributed by atoms with Crippen LogP contribution in [-0.4, -0.2) is 55.5 Å². The summed E-state index contributed by atoms with van der Waals surface area (Å²) in [5.41, 5.74) is 1.28. The Labute approximate surface area is 162 Å². The first kappa shape index (κ1) is 19.8. The van der Waals surface area contributed by atoms with Gasteiger partial charge in [-0.05, 0) is 13.0 Å². The fraction of sp³-hybridized carbons (Fsp3) is 0.389. The molecule has 2 amide bonds. The number of anilines is 3. The van der Waals surface area contributed by atoms with E-state index in [0.717, 1.165) is 12.2 Å². The molecule has 1 fully saturated rings. The van der Waals surface area contributed by atoms with Crippen molar-refractivity contribution in [2.24, 2.45) is 0 Å². The first-order chi connectivity index (χ1) is 13.5. The van der Waals surface area contributed by atoms with Crippen molar-refractivity contribution in [3.8, 4) is 5.75 Å². The first-order valence-electron chi connectivity index (χ1n) is 8.88. The fourth-order valence-corrected chi connectivity index (χ4v) is 2.60. The van der Waals surface area contributed by atoms with Gasteiger partial charge in [-0.2, -0.15) is 0 Å². The molecule has 1 aliphatic rings. The van der Waals surface area contributed by atoms with E-state index in [0.29, 0.717) is 24.7 Å². The van der Waals surface area contributed by atoms with Crippen molar-refractivity contribution in [1.29, 1.82) is 0 Å². The Hall–Kier alpha value is -2.98. The molecule has 3 rings (SSSR count). The molecule has 10 heteroatoms. The lowest BCUT2D eigenvalue weighted by atomic mass is 10.2. The third-order valence-corrected chi connectivity index (χ3v) is 4.04. The number of ether oxygens (including phenoxy) is 2. The fourth-order valence-electron chi connectivity index (χ4n) is 2.60. The minimum Gasteiger partial charge on any atom is -0.489 e. The number of aromatic nitrogens is 2. The topological polar surface area (TPSA) is 109 Å². The molecule has 1 saturated heterocycles. The number of halogens is 1. The van der Waals surface area contributed by atoms with Gasteiger partial charge in [0.2, 0.25) is 0 Å². The van der Waals surface area contributed by atoms with E-state index in [1.807, 2.05) is 0 Å². The molecule has 4 N–H and O–H groups in total. The minimum atomic E-state index is -0.549. The van der Waals surface area contributed by atoms with Gasteiger partial charge in [-0.15, -0.1) is 0 Å². The van der Waals surface area contributed by atoms with Gasteiger partial charge in [-0.3, -0.25) is 10.3 Å². The zero-order valence-electron chi connectivity index (χ0n) is 15.7. The van der Waals surface area contributed by atoms with E-state index in [-0.39, 0.29) is 24.1 Å². The summed E-state index contributed by atoms with van der Waals surface area (Å²) in [6.45, 7) is 4.05. The molecule has 1 aliphatic heterocycles. The van der Waals surface area contributed by atoms with Crippen molar-refractivity contribution >= 4 is 23.2 Å². The Morgan fingerprint density at radius 1 is 1.32 bits per heavy atom. The summed E-state index contributed by atoms with van der Waals surface area (Å²) < 4.78 is 25.5. The normalized spacial score (nSPS) is 16.3. The Morgan fingerprint density at radius 2 is 2.18 bits per heavy atom. The van der Waals surface area contributed by atoms with E-state index in [1.165, 1.54) is 18.3 Å². The average molecular weight is 390 g/mol. The lowest BCUT2D eigenvalue weighted by molar-refractivity contribution is 0.000299. The van der Waals surface area contributed by atoms with Crippen LogP contribution in [0.1, 0.15) is 5.69 Å². The molecule has 1 aromatic heterocycles. The molecule has 0 unspecified atom stereocenters. The lowest BCUT2D eigenvalue weighted by Crippen LogP contribution is -2.41. The van der Waals surface area contributed by atoms with Crippen LogP contribution in [0.5, 0.6) is 5.75 Å². The van der Waals surface area contributed by atoms with E-state index >= 15 is 0 Å². The van der Waals surface area contributed by atoms with Crippen LogP contribution in [0.25, 0.3) is 0 Å². The summed E-state index contributed by atoms with van der Waals surface area (Å²) in [5.74, 6) is 0.00885. The van der Waals surface area contributed by atoms with Gasteiger partial charge in [0.15, 0.2) is 5.82 Å². The van der Waals surface area contributed by atoms with E-state index < -0.39 is 11.8 Å². The van der Waals surface area contributed by atoms with Crippen LogP contribution in [0.2, 0.25) is 0 Å². The van der Waals surface area contributed by atoms with Crippen LogP contribution in [0.3, 0.4) is 0 Å². The summed E-state index contributed by atoms with van der Waals surface area (Å²) in [4.78, 5) is 20.4. The van der Waals surface area contributed by atoms with E-state index in [1.54, 1.807) is 20.2 Å². The molecule has 150 valence electrons. The molecule has 1 atom stereocenters. The van der Waals surface area contributed by atoms with Gasteiger partial charge in [-0.1, -0.05) is 0 Å². The number of aryl methyl sites for hydroxylation is 1. The number of amides is 2. The van der Waals surface area contributed by atoms with Crippen LogP contribution in [0, 0.1) is 12.7 Å². The number of nitrogens with zero attached hydrogens (tertiary/aromatic N) is 2. The van der Waals surface area contributed by atoms with Crippen molar-refractivity contribution in [2.45, 2.75) is 13.0 Å². The SMILES string of the molecule is CNc1cc(NC(=O)Nc2cnc(C)cn2)c(OC[C@@H]2CNCCO2)cc1F. The highest BCUT2D eigenvalue weighted by molar-refractivity contribution is 6.00. The van der Waals surface area contributed by atoms with Gasteiger partial charge >= 0.3 is 6.03 Å². The lowest BCUT2D eigenvalue weighted by Gasteiger charge is -2.24. The molecule has 2 heterocycles. The summed E-state index contributed by atoms with van der Waals surface area (Å²) in [5, 5.41) is 11.2. The number of morpholine rings is 1. The quantitative estimate of drug-likeness (QED) is 0.597. The van der Waals surface area contributed by atoms with Crippen molar-refractivity contribution in [1.82, 2.24) is 15.3 Å². The Kier molecular flexibility index (Phi) is 6.56. The zero-order chi connectivity index (χ0) is 19.9. The summed E-state index contributed by atoms with van der Waals surface area (Å²) in [7, 11) is 1.59. The van der Waals surface area contributed by atoms with Crippen LogP contribution < -0.4 is 26.0 Å². The second kappa shape index (κ2) is 9.29. The number of carbonyl (C=O) groups excluding carboxylic acids is 1. The maximum atomic E-state index is 14.2. The molecule has 9 nitrogen and oxygen atoms in total. The highest BCUT2D eigenvalue weighted by Crippen LogP contribution is 2.31. The van der Waals surface area contributed by atoms with Crippen molar-refractivity contribution in [3.05, 3.63) is 36.0 Å². The maximum Gasteiger partial charge on any atom is 0.325 e. The van der Waals surface area contributed by atoms with Gasteiger partial charge in [0.1, 0.15) is 24.3 Å². The molecule has 28 heavy (non-hydrogen) atoms. The number of hydrogen-bond donors (Lipinski definition) is 4. The van der Waals surface area contributed by atoms with Gasteiger partial charge in [-0.25, -0.2) is 14.2 Å². The second-order valence-corrected chi connectivity index (χ2v) is 6.21. The van der Waals surface area contributed by atoms with Crippen LogP contribution in [0.4, 0.5) is 26.4 Å². The van der Waals surface area contributed by atoms with E-state index in [4.69, 9.17) is 9.47 Å². The minimum absolute atomic E-state index is 0.148. The number of rotatable bonds is 6. The highest BCUT2D eigenvalue weighted by Gasteiger charge is 2.18. The van der Waals surface area contributed by atoms with E-state index in [2.05, 4.69) is 31.2 Å². The summed E-state index contributed by atoms with van der Waals surface area (Å²) in [6.07, 6.45) is 2.84. The Bertz CT molecular complexity index is 812. The molecule has 0 aliphatic carbocycles. The molecular formula is C18H23FN6O3. The predicted molar refractivity (Wildman–Crippen MR) is 103 cm³/mol. The molecule has 1 aromatic carbocycles. The molecule has 0 saturated carbocycles. The van der Waals surface area contributed by atoms with Gasteiger partial charge in [0.05, 0.1) is 36.1 Å². The van der Waals surface area contributed by atoms with Gasteiger partial charge < -0.3 is 25.4 Å². The van der Waals surface area contributed by atoms with Crippen LogP contribution in [0.15, 0.2) is 24.5 Å². The Balaban J connectivity index is 1.71. The van der Waals surface area contributed by atoms with Gasteiger partial charge in [0.25, 0.3) is 0 Å². The molecule has 0 bridgehead atoms. The summed E-state index contributed by atoms with van der Waals surface area (Å²) >= 11 is 0. The highest BCUT2D eigenvalue weighted by atomic mass is 19.1. The standard InChI is InChI=1S/C18H23FN6O3/c1-11-7-23-17(9-22-11)25-18(26)24-15-6-14(20-2)13(19)5-16(15)28-10-12-8-21-3-4-27-12/h5-7,9,12,20-21H,3-4,8,10H2,1-2H3,(H2,23,24,25,26)/t12-/m0/s1. The third-order valence-electron chi connectivity index (χ3n) is 4.04. The second-order valence-electron chi connectivity index (χ2n) is 6.21. The maximum absolute atomic E-state index is 14.2. The molecule has 0 radical (unpaired) electrons. The van der Waals surface area contributed by atoms with Crippen molar-refractivity contribution in [3.63, 3.8) is 0 Å². The largest absolute Gasteiger partial charge is 0.489 e. The van der Waals surface area contributed by atoms with Crippen molar-refractivity contribution < 1.29 is 18.7 Å². The van der Waals surface area contributed by atoms with E-state index in [9.17, 15) is 9.18 Å². The molecule has 2 aromatic rings.